The molecule has 1 aromatic carbocycles. The molecular weight excluding hydrogens is 328 g/mol. The summed E-state index contributed by atoms with van der Waals surface area (Å²) in [5.41, 5.74) is 1.56. The van der Waals surface area contributed by atoms with Crippen LogP contribution in [0, 0.1) is 0 Å². The molecule has 24 heavy (non-hydrogen) atoms. The summed E-state index contributed by atoms with van der Waals surface area (Å²) in [6.45, 7) is 0.502. The molecule has 0 fully saturated rings. The van der Waals surface area contributed by atoms with E-state index < -0.39 is 6.10 Å². The monoisotopic (exact) mass is 346 g/mol. The number of benzene rings is 1. The van der Waals surface area contributed by atoms with E-state index in [4.69, 9.17) is 14.3 Å². The van der Waals surface area contributed by atoms with E-state index in [-0.39, 0.29) is 5.91 Å². The van der Waals surface area contributed by atoms with Gasteiger partial charge in [-0.2, -0.15) is 0 Å². The zero-order valence-corrected chi connectivity index (χ0v) is 14.3. The second-order valence-corrected chi connectivity index (χ2v) is 6.24. The first-order valence-electron chi connectivity index (χ1n) is 7.46. The summed E-state index contributed by atoms with van der Waals surface area (Å²) in [7, 11) is 3.16. The SMILES string of the molecule is COc1ccc(C2=NO[C@@H](C(=O)NCc3cccs3)C2)cc1OC. The highest BCUT2D eigenvalue weighted by molar-refractivity contribution is 7.09. The maximum absolute atomic E-state index is 12.2. The smallest absolute Gasteiger partial charge is 0.264 e. The van der Waals surface area contributed by atoms with Crippen molar-refractivity contribution in [2.24, 2.45) is 5.16 Å². The lowest BCUT2D eigenvalue weighted by Crippen LogP contribution is -2.34. The van der Waals surface area contributed by atoms with Crippen LogP contribution in [0.1, 0.15) is 16.9 Å². The maximum Gasteiger partial charge on any atom is 0.264 e. The van der Waals surface area contributed by atoms with Crippen molar-refractivity contribution in [2.45, 2.75) is 19.1 Å². The van der Waals surface area contributed by atoms with Crippen LogP contribution >= 0.6 is 11.3 Å². The van der Waals surface area contributed by atoms with Gasteiger partial charge in [0, 0.05) is 16.9 Å². The first kappa shape index (κ1) is 16.3. The van der Waals surface area contributed by atoms with Crippen molar-refractivity contribution >= 4 is 23.0 Å². The van der Waals surface area contributed by atoms with Gasteiger partial charge in [0.05, 0.1) is 26.5 Å². The quantitative estimate of drug-likeness (QED) is 0.873. The summed E-state index contributed by atoms with van der Waals surface area (Å²) < 4.78 is 10.5. The summed E-state index contributed by atoms with van der Waals surface area (Å²) >= 11 is 1.60. The third-order valence-electron chi connectivity index (χ3n) is 3.70. The van der Waals surface area contributed by atoms with Crippen molar-refractivity contribution in [3.05, 3.63) is 46.2 Å². The van der Waals surface area contributed by atoms with Crippen LogP contribution in [0.4, 0.5) is 0 Å². The Balaban J connectivity index is 1.61. The summed E-state index contributed by atoms with van der Waals surface area (Å²) in [4.78, 5) is 18.6. The number of carbonyl (C=O) groups is 1. The minimum Gasteiger partial charge on any atom is -0.493 e. The molecule has 6 nitrogen and oxygen atoms in total. The van der Waals surface area contributed by atoms with Gasteiger partial charge in [-0.05, 0) is 29.6 Å². The predicted molar refractivity (Wildman–Crippen MR) is 91.7 cm³/mol. The molecule has 0 saturated carbocycles. The Morgan fingerprint density at radius 3 is 2.88 bits per heavy atom. The minimum absolute atomic E-state index is 0.164. The predicted octanol–water partition coefficient (Wildman–Crippen LogP) is 2.57. The van der Waals surface area contributed by atoms with Gasteiger partial charge in [0.1, 0.15) is 0 Å². The number of hydrogen-bond acceptors (Lipinski definition) is 6. The van der Waals surface area contributed by atoms with Crippen molar-refractivity contribution in [3.8, 4) is 11.5 Å². The van der Waals surface area contributed by atoms with Crippen molar-refractivity contribution in [2.75, 3.05) is 14.2 Å². The molecule has 1 aromatic heterocycles. The molecule has 0 aliphatic carbocycles. The van der Waals surface area contributed by atoms with Gasteiger partial charge in [-0.25, -0.2) is 0 Å². The lowest BCUT2D eigenvalue weighted by molar-refractivity contribution is -0.131. The van der Waals surface area contributed by atoms with Crippen LogP contribution < -0.4 is 14.8 Å². The van der Waals surface area contributed by atoms with Gasteiger partial charge in [-0.3, -0.25) is 4.79 Å². The fourth-order valence-electron chi connectivity index (χ4n) is 2.41. The molecule has 7 heteroatoms. The third kappa shape index (κ3) is 3.51. The normalized spacial score (nSPS) is 16.2. The number of methoxy groups -OCH3 is 2. The molecule has 1 aliphatic heterocycles. The maximum atomic E-state index is 12.2. The number of hydrogen-bond donors (Lipinski definition) is 1. The van der Waals surface area contributed by atoms with Gasteiger partial charge in [0.25, 0.3) is 5.91 Å². The first-order valence-corrected chi connectivity index (χ1v) is 8.34. The van der Waals surface area contributed by atoms with Gasteiger partial charge >= 0.3 is 0 Å². The first-order chi connectivity index (χ1) is 11.7. The minimum atomic E-state index is -0.604. The van der Waals surface area contributed by atoms with Gasteiger partial charge in [0.2, 0.25) is 6.10 Å². The fraction of sp³-hybridized carbons (Fsp3) is 0.294. The molecule has 0 radical (unpaired) electrons. The number of amides is 1. The van der Waals surface area contributed by atoms with Crippen LogP contribution in [0.3, 0.4) is 0 Å². The van der Waals surface area contributed by atoms with E-state index in [9.17, 15) is 4.79 Å². The van der Waals surface area contributed by atoms with E-state index in [1.54, 1.807) is 31.6 Å². The van der Waals surface area contributed by atoms with Crippen molar-refractivity contribution in [3.63, 3.8) is 0 Å². The van der Waals surface area contributed by atoms with E-state index in [1.807, 2.05) is 29.6 Å². The molecule has 0 unspecified atom stereocenters. The molecular formula is C17H18N2O4S. The average Bonchev–Trinajstić information content (AvgIpc) is 3.30. The highest BCUT2D eigenvalue weighted by atomic mass is 32.1. The van der Waals surface area contributed by atoms with Crippen LogP contribution in [-0.4, -0.2) is 31.9 Å². The Labute approximate surface area is 144 Å². The number of rotatable bonds is 6. The van der Waals surface area contributed by atoms with Gasteiger partial charge in [-0.15, -0.1) is 11.3 Å². The largest absolute Gasteiger partial charge is 0.493 e. The molecule has 1 aliphatic rings. The highest BCUT2D eigenvalue weighted by Gasteiger charge is 2.29. The summed E-state index contributed by atoms with van der Waals surface area (Å²) in [6.07, 6.45) is -0.181. The number of nitrogens with one attached hydrogen (secondary N) is 1. The second kappa shape index (κ2) is 7.35. The topological polar surface area (TPSA) is 69.2 Å². The lowest BCUT2D eigenvalue weighted by atomic mass is 10.0. The lowest BCUT2D eigenvalue weighted by Gasteiger charge is -2.10. The molecule has 126 valence electrons. The van der Waals surface area contributed by atoms with Crippen molar-refractivity contribution < 1.29 is 19.1 Å². The molecule has 2 heterocycles. The Bertz CT molecular complexity index is 743. The van der Waals surface area contributed by atoms with Crippen molar-refractivity contribution in [1.29, 1.82) is 0 Å². The Morgan fingerprint density at radius 1 is 1.33 bits per heavy atom. The molecule has 1 amide bonds. The molecule has 0 bridgehead atoms. The van der Waals surface area contributed by atoms with Crippen LogP contribution in [0.5, 0.6) is 11.5 Å². The highest BCUT2D eigenvalue weighted by Crippen LogP contribution is 2.29. The fourth-order valence-corrected chi connectivity index (χ4v) is 3.05. The third-order valence-corrected chi connectivity index (χ3v) is 4.57. The number of nitrogens with zero attached hydrogens (tertiary/aromatic N) is 1. The Morgan fingerprint density at radius 2 is 2.17 bits per heavy atom. The zero-order chi connectivity index (χ0) is 16.9. The van der Waals surface area contributed by atoms with Crippen LogP contribution in [0.25, 0.3) is 0 Å². The molecule has 0 saturated heterocycles. The van der Waals surface area contributed by atoms with E-state index >= 15 is 0 Å². The molecule has 2 aromatic rings. The van der Waals surface area contributed by atoms with Crippen LogP contribution in [0.15, 0.2) is 40.9 Å². The summed E-state index contributed by atoms with van der Waals surface area (Å²) in [5.74, 6) is 1.09. The number of ether oxygens (including phenoxy) is 2. The summed E-state index contributed by atoms with van der Waals surface area (Å²) in [5, 5.41) is 8.89. The standard InChI is InChI=1S/C17H18N2O4S/c1-21-14-6-5-11(8-15(14)22-2)13-9-16(23-19-13)17(20)18-10-12-4-3-7-24-12/h3-8,16H,9-10H2,1-2H3,(H,18,20)/t16-/m1/s1. The zero-order valence-electron chi connectivity index (χ0n) is 13.4. The molecule has 1 N–H and O–H groups in total. The van der Waals surface area contributed by atoms with Gasteiger partial charge in [-0.1, -0.05) is 11.2 Å². The number of carbonyl (C=O) groups excluding carboxylic acids is 1. The van der Waals surface area contributed by atoms with Gasteiger partial charge in [0.15, 0.2) is 11.5 Å². The van der Waals surface area contributed by atoms with E-state index in [0.717, 1.165) is 10.4 Å². The van der Waals surface area contributed by atoms with Crippen LogP contribution in [0.2, 0.25) is 0 Å². The number of thiophene rings is 1. The van der Waals surface area contributed by atoms with E-state index in [2.05, 4.69) is 10.5 Å². The molecule has 1 atom stereocenters. The van der Waals surface area contributed by atoms with Crippen LogP contribution in [-0.2, 0) is 16.2 Å². The molecule has 0 spiro atoms. The van der Waals surface area contributed by atoms with E-state index in [1.165, 1.54) is 0 Å². The molecule has 3 rings (SSSR count). The van der Waals surface area contributed by atoms with Crippen molar-refractivity contribution in [1.82, 2.24) is 5.32 Å². The van der Waals surface area contributed by atoms with E-state index in [0.29, 0.717) is 30.2 Å². The number of oxime groups is 1. The second-order valence-electron chi connectivity index (χ2n) is 5.20. The average molecular weight is 346 g/mol. The summed E-state index contributed by atoms with van der Waals surface area (Å²) in [6, 6.07) is 9.44. The Hall–Kier alpha value is -2.54. The Kier molecular flexibility index (Phi) is 5.00. The van der Waals surface area contributed by atoms with Gasteiger partial charge < -0.3 is 19.6 Å².